The maximum atomic E-state index is 10.3. The summed E-state index contributed by atoms with van der Waals surface area (Å²) >= 11 is 0. The molecule has 1 unspecified atom stereocenters. The highest BCUT2D eigenvalue weighted by Gasteiger charge is 2.13. The third-order valence-electron chi connectivity index (χ3n) is 1.46. The van der Waals surface area contributed by atoms with E-state index in [0.717, 1.165) is 0 Å². The molecule has 2 N–H and O–H groups in total. The van der Waals surface area contributed by atoms with Gasteiger partial charge >= 0.3 is 0 Å². The van der Waals surface area contributed by atoms with Crippen molar-refractivity contribution in [3.8, 4) is 0 Å². The largest absolute Gasteiger partial charge is 0.392 e. The molecule has 5 nitrogen and oxygen atoms in total. The Morgan fingerprint density at radius 2 is 2.14 bits per heavy atom. The number of hydrogen-bond donors (Lipinski definition) is 2. The van der Waals surface area contributed by atoms with Gasteiger partial charge in [0.15, 0.2) is 0 Å². The lowest BCUT2D eigenvalue weighted by Gasteiger charge is -2.07. The second-order valence-corrected chi connectivity index (χ2v) is 4.41. The molecule has 0 heterocycles. The number of ether oxygens (including phenoxy) is 1. The van der Waals surface area contributed by atoms with Crippen LogP contribution in [0.4, 0.5) is 0 Å². The van der Waals surface area contributed by atoms with E-state index in [1.807, 2.05) is 0 Å². The second-order valence-electron chi connectivity index (χ2n) is 2.91. The van der Waals surface area contributed by atoms with Gasteiger partial charge in [0.25, 0.3) is 10.1 Å². The zero-order chi connectivity index (χ0) is 11.0. The highest BCUT2D eigenvalue weighted by atomic mass is 32.2. The molecule has 0 rings (SSSR count). The van der Waals surface area contributed by atoms with Crippen molar-refractivity contribution < 1.29 is 22.8 Å². The van der Waals surface area contributed by atoms with Crippen molar-refractivity contribution in [3.63, 3.8) is 0 Å². The van der Waals surface area contributed by atoms with Gasteiger partial charge < -0.3 is 9.84 Å². The molecule has 0 aromatic heterocycles. The van der Waals surface area contributed by atoms with Crippen LogP contribution in [0.2, 0.25) is 0 Å². The lowest BCUT2D eigenvalue weighted by molar-refractivity contribution is 0.130. The average Bonchev–Trinajstić information content (AvgIpc) is 2.00. The predicted octanol–water partition coefficient (Wildman–Crippen LogP) is 0.218. The van der Waals surface area contributed by atoms with Crippen molar-refractivity contribution in [2.45, 2.75) is 18.9 Å². The van der Waals surface area contributed by atoms with Crippen LogP contribution in [0.25, 0.3) is 0 Å². The Hall–Kier alpha value is -0.430. The highest BCUT2D eigenvalue weighted by Crippen LogP contribution is 2.00. The molecule has 0 fully saturated rings. The summed E-state index contributed by atoms with van der Waals surface area (Å²) in [5.74, 6) is -0.617. The van der Waals surface area contributed by atoms with Crippen LogP contribution >= 0.6 is 0 Å². The topological polar surface area (TPSA) is 83.8 Å². The molecule has 0 aliphatic rings. The molecule has 0 aromatic carbocycles. The van der Waals surface area contributed by atoms with Gasteiger partial charge in [0.2, 0.25) is 0 Å². The first kappa shape index (κ1) is 13.6. The first-order valence-electron chi connectivity index (χ1n) is 4.27. The van der Waals surface area contributed by atoms with Gasteiger partial charge in [-0.2, -0.15) is 8.42 Å². The maximum Gasteiger partial charge on any atom is 0.267 e. The lowest BCUT2D eigenvalue weighted by atomic mass is 10.2. The Morgan fingerprint density at radius 1 is 1.50 bits per heavy atom. The molecule has 0 bridgehead atoms. The fourth-order valence-corrected chi connectivity index (χ4v) is 1.57. The SMILES string of the molecule is C=CCOCCCC(O)CS(=O)(=O)O. The van der Waals surface area contributed by atoms with Crippen LogP contribution in [0.15, 0.2) is 12.7 Å². The van der Waals surface area contributed by atoms with E-state index in [1.165, 1.54) is 0 Å². The van der Waals surface area contributed by atoms with E-state index >= 15 is 0 Å². The summed E-state index contributed by atoms with van der Waals surface area (Å²) in [5.41, 5.74) is 0. The van der Waals surface area contributed by atoms with E-state index in [1.54, 1.807) is 6.08 Å². The van der Waals surface area contributed by atoms with Crippen LogP contribution in [-0.2, 0) is 14.9 Å². The van der Waals surface area contributed by atoms with E-state index in [2.05, 4.69) is 6.58 Å². The third-order valence-corrected chi connectivity index (χ3v) is 2.27. The first-order chi connectivity index (χ1) is 6.45. The molecule has 84 valence electrons. The van der Waals surface area contributed by atoms with Crippen LogP contribution in [0, 0.1) is 0 Å². The molecule has 0 aliphatic carbocycles. The van der Waals surface area contributed by atoms with Gasteiger partial charge in [-0.3, -0.25) is 4.55 Å². The Kier molecular flexibility index (Phi) is 6.73. The molecule has 0 aliphatic heterocycles. The van der Waals surface area contributed by atoms with Crippen molar-refractivity contribution in [1.82, 2.24) is 0 Å². The summed E-state index contributed by atoms with van der Waals surface area (Å²) in [6.45, 7) is 4.33. The normalized spacial score (nSPS) is 13.9. The van der Waals surface area contributed by atoms with Crippen molar-refractivity contribution in [3.05, 3.63) is 12.7 Å². The second kappa shape index (κ2) is 6.94. The molecule has 0 amide bonds. The van der Waals surface area contributed by atoms with Crippen molar-refractivity contribution in [2.75, 3.05) is 19.0 Å². The Labute approximate surface area is 84.1 Å². The van der Waals surface area contributed by atoms with Crippen LogP contribution in [0.1, 0.15) is 12.8 Å². The summed E-state index contributed by atoms with van der Waals surface area (Å²) in [6.07, 6.45) is 1.41. The molecule has 0 radical (unpaired) electrons. The minimum atomic E-state index is -4.08. The Bertz CT molecular complexity index is 246. The Morgan fingerprint density at radius 3 is 2.64 bits per heavy atom. The lowest BCUT2D eigenvalue weighted by Crippen LogP contribution is -2.20. The van der Waals surface area contributed by atoms with Gasteiger partial charge in [0.05, 0.1) is 12.7 Å². The summed E-state index contributed by atoms with van der Waals surface area (Å²) < 4.78 is 34.1. The van der Waals surface area contributed by atoms with Crippen LogP contribution in [-0.4, -0.2) is 43.1 Å². The molecular weight excluding hydrogens is 208 g/mol. The smallest absolute Gasteiger partial charge is 0.267 e. The average molecular weight is 224 g/mol. The molecule has 0 spiro atoms. The van der Waals surface area contributed by atoms with Crippen molar-refractivity contribution in [2.24, 2.45) is 0 Å². The van der Waals surface area contributed by atoms with Gasteiger partial charge in [-0.25, -0.2) is 0 Å². The van der Waals surface area contributed by atoms with Gasteiger partial charge in [0, 0.05) is 6.61 Å². The van der Waals surface area contributed by atoms with E-state index in [-0.39, 0.29) is 6.42 Å². The maximum absolute atomic E-state index is 10.3. The monoisotopic (exact) mass is 224 g/mol. The number of aliphatic hydroxyl groups is 1. The van der Waals surface area contributed by atoms with Crippen molar-refractivity contribution in [1.29, 1.82) is 0 Å². The quantitative estimate of drug-likeness (QED) is 0.350. The van der Waals surface area contributed by atoms with Gasteiger partial charge in [-0.1, -0.05) is 6.08 Å². The fourth-order valence-electron chi connectivity index (χ4n) is 0.914. The molecule has 6 heteroatoms. The van der Waals surface area contributed by atoms with Gasteiger partial charge in [-0.15, -0.1) is 6.58 Å². The molecular formula is C8H16O5S. The number of hydrogen-bond acceptors (Lipinski definition) is 4. The summed E-state index contributed by atoms with van der Waals surface area (Å²) in [6, 6.07) is 0. The summed E-state index contributed by atoms with van der Waals surface area (Å²) in [7, 11) is -4.08. The molecule has 0 saturated heterocycles. The molecule has 0 aromatic rings. The van der Waals surface area contributed by atoms with E-state index < -0.39 is 22.0 Å². The van der Waals surface area contributed by atoms with E-state index in [9.17, 15) is 8.42 Å². The number of aliphatic hydroxyl groups excluding tert-OH is 1. The minimum absolute atomic E-state index is 0.289. The van der Waals surface area contributed by atoms with E-state index in [4.69, 9.17) is 14.4 Å². The van der Waals surface area contributed by atoms with Crippen LogP contribution < -0.4 is 0 Å². The predicted molar refractivity (Wildman–Crippen MR) is 52.7 cm³/mol. The standard InChI is InChI=1S/C8H16O5S/c1-2-5-13-6-3-4-8(9)7-14(10,11)12/h2,8-9H,1,3-7H2,(H,10,11,12). The van der Waals surface area contributed by atoms with Gasteiger partial charge in [0.1, 0.15) is 5.75 Å². The summed E-state index contributed by atoms with van der Waals surface area (Å²) in [5, 5.41) is 9.13. The highest BCUT2D eigenvalue weighted by molar-refractivity contribution is 7.85. The zero-order valence-electron chi connectivity index (χ0n) is 7.92. The third kappa shape index (κ3) is 9.66. The molecule has 14 heavy (non-hydrogen) atoms. The fraction of sp³-hybridized carbons (Fsp3) is 0.750. The van der Waals surface area contributed by atoms with E-state index in [0.29, 0.717) is 19.6 Å². The minimum Gasteiger partial charge on any atom is -0.392 e. The zero-order valence-corrected chi connectivity index (χ0v) is 8.74. The number of rotatable bonds is 8. The van der Waals surface area contributed by atoms with Crippen LogP contribution in [0.5, 0.6) is 0 Å². The summed E-state index contributed by atoms with van der Waals surface area (Å²) in [4.78, 5) is 0. The van der Waals surface area contributed by atoms with Crippen LogP contribution in [0.3, 0.4) is 0 Å². The van der Waals surface area contributed by atoms with Gasteiger partial charge in [-0.05, 0) is 12.8 Å². The molecule has 0 saturated carbocycles. The van der Waals surface area contributed by atoms with Crippen molar-refractivity contribution >= 4 is 10.1 Å². The first-order valence-corrected chi connectivity index (χ1v) is 5.88. The Balaban J connectivity index is 3.45. The molecule has 1 atom stereocenters.